The van der Waals surface area contributed by atoms with E-state index in [2.05, 4.69) is 22.8 Å². The van der Waals surface area contributed by atoms with Crippen LogP contribution in [-0.2, 0) is 17.8 Å². The molecular formula is C15H22N2O2. The summed E-state index contributed by atoms with van der Waals surface area (Å²) in [4.78, 5) is 12.2. The number of carbonyl (C=O) groups excluding carboxylic acids is 1. The summed E-state index contributed by atoms with van der Waals surface area (Å²) >= 11 is 0. The van der Waals surface area contributed by atoms with Crippen molar-refractivity contribution in [1.29, 1.82) is 0 Å². The van der Waals surface area contributed by atoms with Crippen molar-refractivity contribution in [3.05, 3.63) is 35.4 Å². The van der Waals surface area contributed by atoms with Gasteiger partial charge in [0.1, 0.15) is 0 Å². The molecule has 0 aromatic heterocycles. The lowest BCUT2D eigenvalue weighted by molar-refractivity contribution is -0.124. The Morgan fingerprint density at radius 1 is 1.42 bits per heavy atom. The van der Waals surface area contributed by atoms with E-state index in [1.165, 1.54) is 11.1 Å². The first-order chi connectivity index (χ1) is 9.11. The van der Waals surface area contributed by atoms with Crippen LogP contribution in [-0.4, -0.2) is 29.7 Å². The molecule has 19 heavy (non-hydrogen) atoms. The van der Waals surface area contributed by atoms with Gasteiger partial charge >= 0.3 is 0 Å². The van der Waals surface area contributed by atoms with Gasteiger partial charge in [-0.2, -0.15) is 0 Å². The lowest BCUT2D eigenvalue weighted by Crippen LogP contribution is -2.51. The summed E-state index contributed by atoms with van der Waals surface area (Å²) in [5, 5.41) is 15.3. The molecule has 0 radical (unpaired) electrons. The van der Waals surface area contributed by atoms with Gasteiger partial charge in [0.15, 0.2) is 0 Å². The van der Waals surface area contributed by atoms with E-state index in [0.29, 0.717) is 0 Å². The van der Waals surface area contributed by atoms with Crippen LogP contribution in [0, 0.1) is 5.92 Å². The van der Waals surface area contributed by atoms with Gasteiger partial charge in [0.05, 0.1) is 6.04 Å². The quantitative estimate of drug-likeness (QED) is 0.753. The first-order valence-electron chi connectivity index (χ1n) is 6.83. The highest BCUT2D eigenvalue weighted by molar-refractivity contribution is 5.82. The zero-order valence-corrected chi connectivity index (χ0v) is 11.5. The molecule has 0 aliphatic carbocycles. The van der Waals surface area contributed by atoms with Crippen molar-refractivity contribution in [2.24, 2.45) is 5.92 Å². The Morgan fingerprint density at radius 2 is 2.11 bits per heavy atom. The van der Waals surface area contributed by atoms with Crippen LogP contribution in [0.4, 0.5) is 0 Å². The fourth-order valence-electron chi connectivity index (χ4n) is 2.27. The molecule has 4 nitrogen and oxygen atoms in total. The minimum atomic E-state index is -0.178. The predicted molar refractivity (Wildman–Crippen MR) is 74.6 cm³/mol. The number of fused-ring (bicyclic) bond motifs is 1. The van der Waals surface area contributed by atoms with Crippen molar-refractivity contribution in [1.82, 2.24) is 10.6 Å². The molecule has 3 unspecified atom stereocenters. The third kappa shape index (κ3) is 3.33. The first-order valence-corrected chi connectivity index (χ1v) is 6.83. The Kier molecular flexibility index (Phi) is 4.56. The Bertz CT molecular complexity index is 448. The topological polar surface area (TPSA) is 61.4 Å². The standard InChI is InChI=1S/C15H22N2O2/c1-10(9-18)11(2)17-15(19)14-7-12-5-3-4-6-13(12)8-16-14/h3-6,10-11,14,16,18H,7-9H2,1-2H3,(H,17,19). The highest BCUT2D eigenvalue weighted by Crippen LogP contribution is 2.16. The van der Waals surface area contributed by atoms with E-state index < -0.39 is 0 Å². The van der Waals surface area contributed by atoms with E-state index in [9.17, 15) is 4.79 Å². The van der Waals surface area contributed by atoms with Crippen LogP contribution in [0.3, 0.4) is 0 Å². The van der Waals surface area contributed by atoms with Gasteiger partial charge in [0.25, 0.3) is 0 Å². The van der Waals surface area contributed by atoms with Crippen molar-refractivity contribution in [2.75, 3.05) is 6.61 Å². The number of amides is 1. The smallest absolute Gasteiger partial charge is 0.237 e. The summed E-state index contributed by atoms with van der Waals surface area (Å²) in [7, 11) is 0. The Hall–Kier alpha value is -1.39. The lowest BCUT2D eigenvalue weighted by Gasteiger charge is -2.28. The maximum absolute atomic E-state index is 12.2. The summed E-state index contributed by atoms with van der Waals surface area (Å²) in [6.07, 6.45) is 0.724. The van der Waals surface area contributed by atoms with E-state index in [1.807, 2.05) is 26.0 Å². The molecule has 1 aliphatic heterocycles. The van der Waals surface area contributed by atoms with Crippen LogP contribution in [0.15, 0.2) is 24.3 Å². The fourth-order valence-corrected chi connectivity index (χ4v) is 2.27. The highest BCUT2D eigenvalue weighted by atomic mass is 16.3. The molecule has 1 aromatic carbocycles. The van der Waals surface area contributed by atoms with Crippen LogP contribution >= 0.6 is 0 Å². The van der Waals surface area contributed by atoms with Crippen molar-refractivity contribution in [2.45, 2.75) is 38.9 Å². The lowest BCUT2D eigenvalue weighted by atomic mass is 9.95. The number of hydrogen-bond donors (Lipinski definition) is 3. The van der Waals surface area contributed by atoms with Gasteiger partial charge in [0.2, 0.25) is 5.91 Å². The third-order valence-corrected chi connectivity index (χ3v) is 3.91. The van der Waals surface area contributed by atoms with E-state index in [1.54, 1.807) is 0 Å². The van der Waals surface area contributed by atoms with Crippen LogP contribution in [0.2, 0.25) is 0 Å². The number of hydrogen-bond acceptors (Lipinski definition) is 3. The average molecular weight is 262 g/mol. The van der Waals surface area contributed by atoms with Crippen molar-refractivity contribution < 1.29 is 9.90 Å². The zero-order valence-electron chi connectivity index (χ0n) is 11.5. The van der Waals surface area contributed by atoms with Gasteiger partial charge in [-0.15, -0.1) is 0 Å². The molecule has 2 rings (SSSR count). The van der Waals surface area contributed by atoms with Gasteiger partial charge in [-0.3, -0.25) is 4.79 Å². The monoisotopic (exact) mass is 262 g/mol. The third-order valence-electron chi connectivity index (χ3n) is 3.91. The summed E-state index contributed by atoms with van der Waals surface area (Å²) in [6.45, 7) is 4.67. The molecule has 1 amide bonds. The van der Waals surface area contributed by atoms with Gasteiger partial charge in [0, 0.05) is 19.2 Å². The summed E-state index contributed by atoms with van der Waals surface area (Å²) in [5.41, 5.74) is 2.51. The number of aliphatic hydroxyl groups excluding tert-OH is 1. The highest BCUT2D eigenvalue weighted by Gasteiger charge is 2.25. The van der Waals surface area contributed by atoms with Gasteiger partial charge < -0.3 is 15.7 Å². The molecule has 1 aliphatic rings. The molecule has 3 N–H and O–H groups in total. The number of carbonyl (C=O) groups is 1. The first kappa shape index (κ1) is 14.0. The van der Waals surface area contributed by atoms with Crippen molar-refractivity contribution in [3.63, 3.8) is 0 Å². The van der Waals surface area contributed by atoms with Gasteiger partial charge in [-0.25, -0.2) is 0 Å². The maximum Gasteiger partial charge on any atom is 0.237 e. The molecular weight excluding hydrogens is 240 g/mol. The molecule has 104 valence electrons. The number of aliphatic hydroxyl groups is 1. The zero-order chi connectivity index (χ0) is 13.8. The summed E-state index contributed by atoms with van der Waals surface area (Å²) in [5.74, 6) is 0.0853. The predicted octanol–water partition coefficient (Wildman–Crippen LogP) is 0.834. The van der Waals surface area contributed by atoms with E-state index in [-0.39, 0.29) is 30.5 Å². The second kappa shape index (κ2) is 6.17. The average Bonchev–Trinajstić information content (AvgIpc) is 2.45. The minimum absolute atomic E-state index is 0.0160. The second-order valence-corrected chi connectivity index (χ2v) is 5.36. The van der Waals surface area contributed by atoms with Crippen LogP contribution in [0.5, 0.6) is 0 Å². The molecule has 0 bridgehead atoms. The molecule has 1 aromatic rings. The molecule has 4 heteroatoms. The molecule has 0 spiro atoms. The van der Waals surface area contributed by atoms with E-state index >= 15 is 0 Å². The van der Waals surface area contributed by atoms with Gasteiger partial charge in [-0.05, 0) is 30.4 Å². The van der Waals surface area contributed by atoms with Gasteiger partial charge in [-0.1, -0.05) is 31.2 Å². The molecule has 0 fully saturated rings. The molecule has 3 atom stereocenters. The second-order valence-electron chi connectivity index (χ2n) is 5.36. The maximum atomic E-state index is 12.2. The number of nitrogens with one attached hydrogen (secondary N) is 2. The Morgan fingerprint density at radius 3 is 2.79 bits per heavy atom. The van der Waals surface area contributed by atoms with E-state index in [4.69, 9.17) is 5.11 Å². The Balaban J connectivity index is 1.95. The molecule has 0 saturated heterocycles. The number of benzene rings is 1. The molecule has 0 saturated carbocycles. The summed E-state index contributed by atoms with van der Waals surface area (Å²) in [6, 6.07) is 8.00. The van der Waals surface area contributed by atoms with Crippen molar-refractivity contribution in [3.8, 4) is 0 Å². The minimum Gasteiger partial charge on any atom is -0.396 e. The Labute approximate surface area is 114 Å². The van der Waals surface area contributed by atoms with Crippen LogP contribution in [0.25, 0.3) is 0 Å². The normalized spacial score (nSPS) is 21.3. The fraction of sp³-hybridized carbons (Fsp3) is 0.533. The summed E-state index contributed by atoms with van der Waals surface area (Å²) < 4.78 is 0. The van der Waals surface area contributed by atoms with E-state index in [0.717, 1.165) is 13.0 Å². The SMILES string of the molecule is CC(CO)C(C)NC(=O)C1Cc2ccccc2CN1. The van der Waals surface area contributed by atoms with Crippen LogP contribution in [0.1, 0.15) is 25.0 Å². The number of rotatable bonds is 4. The largest absolute Gasteiger partial charge is 0.396 e. The molecule has 1 heterocycles. The van der Waals surface area contributed by atoms with Crippen LogP contribution < -0.4 is 10.6 Å². The van der Waals surface area contributed by atoms with Crippen molar-refractivity contribution >= 4 is 5.91 Å².